The number of hydrogen-bond donors (Lipinski definition) is 2. The number of hydrogen-bond acceptors (Lipinski definition) is 4. The molecule has 0 bridgehead atoms. The predicted molar refractivity (Wildman–Crippen MR) is 101 cm³/mol. The van der Waals surface area contributed by atoms with Crippen LogP contribution >= 0.6 is 11.3 Å². The number of fused-ring (bicyclic) bond motifs is 1. The fraction of sp³-hybridized carbons (Fsp3) is 0.211. The number of aromatic nitrogens is 1. The Morgan fingerprint density at radius 1 is 1.12 bits per heavy atom. The van der Waals surface area contributed by atoms with E-state index in [2.05, 4.69) is 27.8 Å². The second-order valence-corrected chi connectivity index (χ2v) is 6.90. The third-order valence-electron chi connectivity index (χ3n) is 3.75. The first kappa shape index (κ1) is 17.1. The molecule has 25 heavy (non-hydrogen) atoms. The van der Waals surface area contributed by atoms with E-state index >= 15 is 0 Å². The Hall–Kier alpha value is -2.73. The molecule has 0 aliphatic heterocycles. The molecule has 3 aromatic rings. The molecule has 0 radical (unpaired) electrons. The molecule has 0 unspecified atom stereocenters. The Kier molecular flexibility index (Phi) is 5.09. The monoisotopic (exact) mass is 353 g/mol. The molecule has 0 atom stereocenters. The third kappa shape index (κ3) is 4.22. The number of benzene rings is 2. The topological polar surface area (TPSA) is 71.1 Å². The van der Waals surface area contributed by atoms with Crippen molar-refractivity contribution in [1.82, 2.24) is 10.3 Å². The van der Waals surface area contributed by atoms with Crippen LogP contribution in [0.5, 0.6) is 0 Å². The minimum absolute atomic E-state index is 0.165. The van der Waals surface area contributed by atoms with Gasteiger partial charge in [0.1, 0.15) is 0 Å². The molecule has 5 nitrogen and oxygen atoms in total. The van der Waals surface area contributed by atoms with Gasteiger partial charge in [0.2, 0.25) is 5.91 Å². The van der Waals surface area contributed by atoms with Gasteiger partial charge >= 0.3 is 0 Å². The van der Waals surface area contributed by atoms with Crippen molar-refractivity contribution in [2.24, 2.45) is 0 Å². The van der Waals surface area contributed by atoms with E-state index in [4.69, 9.17) is 0 Å². The minimum Gasteiger partial charge on any atom is -0.352 e. The lowest BCUT2D eigenvalue weighted by Crippen LogP contribution is -2.27. The Labute approximate surface area is 150 Å². The number of thiazole rings is 1. The van der Waals surface area contributed by atoms with Crippen molar-refractivity contribution >= 4 is 38.5 Å². The van der Waals surface area contributed by atoms with Gasteiger partial charge < -0.3 is 10.6 Å². The zero-order valence-electron chi connectivity index (χ0n) is 14.1. The Morgan fingerprint density at radius 2 is 1.88 bits per heavy atom. The summed E-state index contributed by atoms with van der Waals surface area (Å²) in [5.41, 5.74) is 3.78. The summed E-state index contributed by atoms with van der Waals surface area (Å²) < 4.78 is 1.06. The molecule has 6 heteroatoms. The highest BCUT2D eigenvalue weighted by molar-refractivity contribution is 7.22. The van der Waals surface area contributed by atoms with Crippen LogP contribution in [-0.4, -0.2) is 23.3 Å². The molecular weight excluding hydrogens is 334 g/mol. The van der Waals surface area contributed by atoms with Crippen LogP contribution in [0.15, 0.2) is 42.5 Å². The smallest absolute Gasteiger partial charge is 0.251 e. The van der Waals surface area contributed by atoms with Crippen molar-refractivity contribution in [3.63, 3.8) is 0 Å². The van der Waals surface area contributed by atoms with Crippen LogP contribution in [0.3, 0.4) is 0 Å². The molecule has 128 valence electrons. The molecule has 0 aliphatic carbocycles. The lowest BCUT2D eigenvalue weighted by Gasteiger charge is -2.05. The standard InChI is InChI=1S/C19H19N3O2S/c1-12-10-13(2)17-15(11-12)25-19(22-17)21-16(23)8-9-20-18(24)14-6-4-3-5-7-14/h3-7,10-11H,8-9H2,1-2H3,(H,20,24)(H,21,22,23). The van der Waals surface area contributed by atoms with Gasteiger partial charge in [-0.15, -0.1) is 0 Å². The van der Waals surface area contributed by atoms with Gasteiger partial charge in [0.25, 0.3) is 5.91 Å². The van der Waals surface area contributed by atoms with Crippen LogP contribution in [0.4, 0.5) is 5.13 Å². The van der Waals surface area contributed by atoms with Crippen molar-refractivity contribution in [2.75, 3.05) is 11.9 Å². The number of nitrogens with one attached hydrogen (secondary N) is 2. The summed E-state index contributed by atoms with van der Waals surface area (Å²) >= 11 is 1.46. The van der Waals surface area contributed by atoms with Crippen molar-refractivity contribution in [3.05, 3.63) is 59.2 Å². The summed E-state index contributed by atoms with van der Waals surface area (Å²) in [6.45, 7) is 4.34. The minimum atomic E-state index is -0.181. The molecule has 1 aromatic heterocycles. The lowest BCUT2D eigenvalue weighted by atomic mass is 10.1. The number of carbonyl (C=O) groups is 2. The van der Waals surface area contributed by atoms with Crippen LogP contribution in [0.25, 0.3) is 10.2 Å². The molecule has 0 fully saturated rings. The molecule has 0 saturated heterocycles. The second-order valence-electron chi connectivity index (χ2n) is 5.87. The molecule has 2 aromatic carbocycles. The summed E-state index contributed by atoms with van der Waals surface area (Å²) in [5.74, 6) is -0.346. The average molecular weight is 353 g/mol. The van der Waals surface area contributed by atoms with Gasteiger partial charge in [0.05, 0.1) is 10.2 Å². The maximum Gasteiger partial charge on any atom is 0.251 e. The zero-order valence-corrected chi connectivity index (χ0v) is 14.9. The first-order valence-electron chi connectivity index (χ1n) is 8.04. The molecule has 2 N–H and O–H groups in total. The fourth-order valence-corrected chi connectivity index (χ4v) is 3.65. The Balaban J connectivity index is 1.54. The summed E-state index contributed by atoms with van der Waals surface area (Å²) in [5, 5.41) is 6.14. The van der Waals surface area contributed by atoms with Gasteiger partial charge in [0, 0.05) is 18.5 Å². The van der Waals surface area contributed by atoms with Crippen LogP contribution in [0, 0.1) is 13.8 Å². The highest BCUT2D eigenvalue weighted by atomic mass is 32.1. The molecule has 0 spiro atoms. The maximum absolute atomic E-state index is 12.1. The second kappa shape index (κ2) is 7.44. The molecule has 0 aliphatic rings. The van der Waals surface area contributed by atoms with Gasteiger partial charge in [-0.3, -0.25) is 9.59 Å². The molecular formula is C19H19N3O2S. The predicted octanol–water partition coefficient (Wildman–Crippen LogP) is 3.67. The molecule has 3 rings (SSSR count). The first-order valence-corrected chi connectivity index (χ1v) is 8.85. The van der Waals surface area contributed by atoms with Crippen molar-refractivity contribution in [1.29, 1.82) is 0 Å². The quantitative estimate of drug-likeness (QED) is 0.735. The van der Waals surface area contributed by atoms with E-state index in [0.29, 0.717) is 10.7 Å². The normalized spacial score (nSPS) is 10.6. The van der Waals surface area contributed by atoms with E-state index in [1.54, 1.807) is 24.3 Å². The summed E-state index contributed by atoms with van der Waals surface area (Å²) in [6, 6.07) is 13.1. The largest absolute Gasteiger partial charge is 0.352 e. The number of amides is 2. The third-order valence-corrected chi connectivity index (χ3v) is 4.67. The lowest BCUT2D eigenvalue weighted by molar-refractivity contribution is -0.116. The Morgan fingerprint density at radius 3 is 2.64 bits per heavy atom. The van der Waals surface area contributed by atoms with Crippen LogP contribution in [0.2, 0.25) is 0 Å². The SMILES string of the molecule is Cc1cc(C)c2nc(NC(=O)CCNC(=O)c3ccccc3)sc2c1. The van der Waals surface area contributed by atoms with E-state index in [9.17, 15) is 9.59 Å². The van der Waals surface area contributed by atoms with E-state index < -0.39 is 0 Å². The summed E-state index contributed by atoms with van der Waals surface area (Å²) in [7, 11) is 0. The van der Waals surface area contributed by atoms with E-state index in [-0.39, 0.29) is 24.8 Å². The van der Waals surface area contributed by atoms with E-state index in [1.165, 1.54) is 16.9 Å². The average Bonchev–Trinajstić information content (AvgIpc) is 2.98. The molecule has 2 amide bonds. The number of rotatable bonds is 5. The fourth-order valence-electron chi connectivity index (χ4n) is 2.59. The zero-order chi connectivity index (χ0) is 17.8. The summed E-state index contributed by atoms with van der Waals surface area (Å²) in [6.07, 6.45) is 0.201. The van der Waals surface area contributed by atoms with E-state index in [0.717, 1.165) is 15.8 Å². The van der Waals surface area contributed by atoms with E-state index in [1.807, 2.05) is 19.9 Å². The van der Waals surface area contributed by atoms with Gasteiger partial charge in [-0.2, -0.15) is 0 Å². The first-order chi connectivity index (χ1) is 12.0. The number of anilines is 1. The number of nitrogens with zero attached hydrogens (tertiary/aromatic N) is 1. The maximum atomic E-state index is 12.1. The van der Waals surface area contributed by atoms with Crippen LogP contribution in [0.1, 0.15) is 27.9 Å². The van der Waals surface area contributed by atoms with Gasteiger partial charge in [0.15, 0.2) is 5.13 Å². The van der Waals surface area contributed by atoms with Gasteiger partial charge in [-0.25, -0.2) is 4.98 Å². The highest BCUT2D eigenvalue weighted by Gasteiger charge is 2.11. The molecule has 0 saturated carbocycles. The van der Waals surface area contributed by atoms with Crippen molar-refractivity contribution < 1.29 is 9.59 Å². The van der Waals surface area contributed by atoms with Crippen molar-refractivity contribution in [2.45, 2.75) is 20.3 Å². The van der Waals surface area contributed by atoms with Crippen LogP contribution in [-0.2, 0) is 4.79 Å². The van der Waals surface area contributed by atoms with Crippen molar-refractivity contribution in [3.8, 4) is 0 Å². The van der Waals surface area contributed by atoms with Gasteiger partial charge in [-0.1, -0.05) is 35.6 Å². The number of aryl methyl sites for hydroxylation is 2. The summed E-state index contributed by atoms with van der Waals surface area (Å²) in [4.78, 5) is 28.5. The van der Waals surface area contributed by atoms with Gasteiger partial charge in [-0.05, 0) is 43.2 Å². The highest BCUT2D eigenvalue weighted by Crippen LogP contribution is 2.29. The number of carbonyl (C=O) groups excluding carboxylic acids is 2. The molecule has 1 heterocycles. The Bertz CT molecular complexity index is 919. The van der Waals surface area contributed by atoms with Crippen LogP contribution < -0.4 is 10.6 Å².